The average molecular weight is 762 g/mol. The van der Waals surface area contributed by atoms with Crippen molar-refractivity contribution in [2.45, 2.75) is 43.3 Å². The van der Waals surface area contributed by atoms with Gasteiger partial charge in [-0.05, 0) is 78.7 Å². The van der Waals surface area contributed by atoms with Crippen LogP contribution in [-0.2, 0) is 49.3 Å². The lowest BCUT2D eigenvalue weighted by molar-refractivity contribution is -0.121. The molecule has 5 aromatic rings. The first kappa shape index (κ1) is 38.1. The van der Waals surface area contributed by atoms with E-state index in [9.17, 15) is 26.4 Å². The highest BCUT2D eigenvalue weighted by molar-refractivity contribution is 7.89. The van der Waals surface area contributed by atoms with Crippen LogP contribution < -0.4 is 10.7 Å². The van der Waals surface area contributed by atoms with Gasteiger partial charge < -0.3 is 9.73 Å². The minimum atomic E-state index is -4.16. The Morgan fingerprint density at radius 1 is 0.731 bits per heavy atom. The Bertz CT molecular complexity index is 2240. The summed E-state index contributed by atoms with van der Waals surface area (Å²) in [6, 6.07) is 31.1. The van der Waals surface area contributed by atoms with Gasteiger partial charge in [0.2, 0.25) is 26.0 Å². The molecule has 0 bridgehead atoms. The highest BCUT2D eigenvalue weighted by Gasteiger charge is 2.28. The number of anilines is 1. The molecule has 270 valence electrons. The van der Waals surface area contributed by atoms with Crippen molar-refractivity contribution in [2.24, 2.45) is 5.10 Å². The van der Waals surface area contributed by atoms with Gasteiger partial charge in [-0.25, -0.2) is 22.3 Å². The number of rotatable bonds is 15. The fourth-order valence-corrected chi connectivity index (χ4v) is 7.94. The summed E-state index contributed by atoms with van der Waals surface area (Å²) in [5.74, 6) is -0.466. The molecule has 0 fully saturated rings. The van der Waals surface area contributed by atoms with E-state index in [1.807, 2.05) is 6.92 Å². The van der Waals surface area contributed by atoms with Crippen LogP contribution in [0.4, 0.5) is 5.69 Å². The zero-order chi connectivity index (χ0) is 37.3. The largest absolute Gasteiger partial charge is 0.459 e. The average Bonchev–Trinajstić information content (AvgIpc) is 3.56. The van der Waals surface area contributed by atoms with Gasteiger partial charge in [-0.1, -0.05) is 71.8 Å². The van der Waals surface area contributed by atoms with Crippen molar-refractivity contribution in [1.82, 2.24) is 14.0 Å². The third-order valence-corrected chi connectivity index (χ3v) is 11.5. The fraction of sp³-hybridized carbons (Fsp3) is 0.162. The monoisotopic (exact) mass is 761 g/mol. The molecule has 1 heterocycles. The van der Waals surface area contributed by atoms with Crippen LogP contribution in [0.1, 0.15) is 35.1 Å². The van der Waals surface area contributed by atoms with Gasteiger partial charge in [-0.3, -0.25) is 9.59 Å². The van der Waals surface area contributed by atoms with Gasteiger partial charge in [-0.15, -0.1) is 0 Å². The van der Waals surface area contributed by atoms with Crippen molar-refractivity contribution < 1.29 is 30.8 Å². The molecule has 0 saturated heterocycles. The van der Waals surface area contributed by atoms with Crippen molar-refractivity contribution in [2.75, 3.05) is 11.9 Å². The van der Waals surface area contributed by atoms with Gasteiger partial charge in [0.15, 0.2) is 0 Å². The van der Waals surface area contributed by atoms with Crippen molar-refractivity contribution in [3.05, 3.63) is 148 Å². The van der Waals surface area contributed by atoms with Crippen molar-refractivity contribution in [3.8, 4) is 0 Å². The number of aryl methyl sites for hydroxylation is 1. The molecule has 0 spiro atoms. The van der Waals surface area contributed by atoms with Gasteiger partial charge in [-0.2, -0.15) is 13.7 Å². The third-order valence-electron chi connectivity index (χ3n) is 7.66. The Balaban J connectivity index is 1.28. The normalized spacial score (nSPS) is 12.0. The summed E-state index contributed by atoms with van der Waals surface area (Å²) in [4.78, 5) is 24.5. The number of carbonyl (C=O) groups excluding carboxylic acids is 2. The van der Waals surface area contributed by atoms with Gasteiger partial charge in [0, 0.05) is 30.7 Å². The maximum Gasteiger partial charge on any atom is 0.255 e. The summed E-state index contributed by atoms with van der Waals surface area (Å²) in [7, 11) is -8.09. The molecule has 0 aliphatic carbocycles. The summed E-state index contributed by atoms with van der Waals surface area (Å²) < 4.78 is 62.9. The number of carbonyl (C=O) groups is 2. The van der Waals surface area contributed by atoms with Gasteiger partial charge in [0.25, 0.3) is 5.91 Å². The molecule has 0 aliphatic heterocycles. The number of hydrazone groups is 1. The molecule has 2 N–H and O–H groups in total. The Morgan fingerprint density at radius 2 is 1.31 bits per heavy atom. The minimum Gasteiger partial charge on any atom is -0.459 e. The Labute approximate surface area is 307 Å². The van der Waals surface area contributed by atoms with Crippen LogP contribution in [0.25, 0.3) is 0 Å². The maximum absolute atomic E-state index is 13.7. The van der Waals surface area contributed by atoms with Crippen molar-refractivity contribution in [1.29, 1.82) is 0 Å². The molecule has 0 radical (unpaired) electrons. The SMILES string of the molecule is CC(=O)Nc1ccc(S(=O)(=O)N(CC(=O)N/N=C\c2ccc(CN(Cc3ccc(Cl)cc3)S(=O)(=O)c3ccc(C)cc3)o2)Cc2ccccc2)cc1. The molecule has 52 heavy (non-hydrogen) atoms. The summed E-state index contributed by atoms with van der Waals surface area (Å²) >= 11 is 6.04. The predicted octanol–water partition coefficient (Wildman–Crippen LogP) is 5.93. The molecule has 0 atom stereocenters. The smallest absolute Gasteiger partial charge is 0.255 e. The first-order valence-corrected chi connectivity index (χ1v) is 19.2. The Hall–Kier alpha value is -5.12. The van der Waals surface area contributed by atoms with Crippen LogP contribution >= 0.6 is 11.6 Å². The maximum atomic E-state index is 13.7. The van der Waals surface area contributed by atoms with Crippen LogP contribution in [-0.4, -0.2) is 50.0 Å². The topological polar surface area (TPSA) is 158 Å². The number of halogens is 1. The highest BCUT2D eigenvalue weighted by atomic mass is 35.5. The molecule has 15 heteroatoms. The van der Waals surface area contributed by atoms with E-state index in [2.05, 4.69) is 15.8 Å². The molecule has 1 aromatic heterocycles. The van der Waals surface area contributed by atoms with Crippen molar-refractivity contribution in [3.63, 3.8) is 0 Å². The number of sulfonamides is 2. The van der Waals surface area contributed by atoms with E-state index < -0.39 is 32.5 Å². The standard InChI is InChI=1S/C37H36ClN5O7S2/c1-27-8-18-35(19-9-27)51(46,47)42(24-30-10-12-31(38)13-11-30)25-34-17-16-33(50-34)22-39-41-37(45)26-43(23-29-6-4-3-5-7-29)52(48,49)36-20-14-32(15-21-36)40-28(2)44/h3-22H,23-26H2,1-2H3,(H,40,44)(H,41,45)/b39-22-. The molecular weight excluding hydrogens is 726 g/mol. The molecule has 0 saturated carbocycles. The van der Waals surface area contributed by atoms with E-state index in [0.29, 0.717) is 22.0 Å². The summed E-state index contributed by atoms with van der Waals surface area (Å²) in [6.45, 7) is 2.52. The lowest BCUT2D eigenvalue weighted by atomic mass is 10.2. The second-order valence-electron chi connectivity index (χ2n) is 11.8. The number of nitrogens with one attached hydrogen (secondary N) is 2. The third kappa shape index (κ3) is 10.2. The number of furan rings is 1. The van der Waals surface area contributed by atoms with E-state index in [1.54, 1.807) is 91.0 Å². The molecular formula is C37H36ClN5O7S2. The molecule has 12 nitrogen and oxygen atoms in total. The van der Waals surface area contributed by atoms with E-state index in [4.69, 9.17) is 16.0 Å². The number of amides is 2. The minimum absolute atomic E-state index is 0.0510. The van der Waals surface area contributed by atoms with E-state index in [1.165, 1.54) is 41.7 Å². The van der Waals surface area contributed by atoms with E-state index in [0.717, 1.165) is 15.4 Å². The predicted molar refractivity (Wildman–Crippen MR) is 198 cm³/mol. The molecule has 2 amide bonds. The van der Waals surface area contributed by atoms with Crippen LogP contribution in [0.15, 0.2) is 135 Å². The fourth-order valence-electron chi connectivity index (χ4n) is 5.04. The second kappa shape index (κ2) is 16.9. The lowest BCUT2D eigenvalue weighted by Gasteiger charge is -2.22. The highest BCUT2D eigenvalue weighted by Crippen LogP contribution is 2.24. The summed E-state index contributed by atoms with van der Waals surface area (Å²) in [6.07, 6.45) is 1.23. The summed E-state index contributed by atoms with van der Waals surface area (Å²) in [5.41, 5.74) is 5.07. The first-order chi connectivity index (χ1) is 24.8. The Kier molecular flexibility index (Phi) is 12.4. The van der Waals surface area contributed by atoms with E-state index in [-0.39, 0.29) is 41.1 Å². The van der Waals surface area contributed by atoms with Gasteiger partial charge in [0.1, 0.15) is 11.5 Å². The lowest BCUT2D eigenvalue weighted by Crippen LogP contribution is -2.39. The zero-order valence-corrected chi connectivity index (χ0v) is 30.7. The number of nitrogens with zero attached hydrogens (tertiary/aromatic N) is 3. The van der Waals surface area contributed by atoms with Gasteiger partial charge >= 0.3 is 0 Å². The first-order valence-electron chi connectivity index (χ1n) is 15.9. The summed E-state index contributed by atoms with van der Waals surface area (Å²) in [5, 5.41) is 7.06. The molecule has 5 rings (SSSR count). The zero-order valence-electron chi connectivity index (χ0n) is 28.3. The van der Waals surface area contributed by atoms with E-state index >= 15 is 0 Å². The number of hydrogen-bond acceptors (Lipinski definition) is 8. The quantitative estimate of drug-likeness (QED) is 0.0989. The molecule has 4 aromatic carbocycles. The Morgan fingerprint density at radius 3 is 1.94 bits per heavy atom. The van der Waals surface area contributed by atoms with Crippen LogP contribution in [0.5, 0.6) is 0 Å². The van der Waals surface area contributed by atoms with Crippen molar-refractivity contribution >= 4 is 55.4 Å². The molecule has 0 unspecified atom stereocenters. The number of benzene rings is 4. The number of hydrogen-bond donors (Lipinski definition) is 2. The van der Waals surface area contributed by atoms with Crippen LogP contribution in [0.3, 0.4) is 0 Å². The van der Waals surface area contributed by atoms with Gasteiger partial charge in [0.05, 0.1) is 29.1 Å². The van der Waals surface area contributed by atoms with Crippen LogP contribution in [0, 0.1) is 6.92 Å². The van der Waals surface area contributed by atoms with Crippen LogP contribution in [0.2, 0.25) is 5.02 Å². The second-order valence-corrected chi connectivity index (χ2v) is 16.1. The molecule has 0 aliphatic rings.